The summed E-state index contributed by atoms with van der Waals surface area (Å²) < 4.78 is 0. The van der Waals surface area contributed by atoms with Crippen molar-refractivity contribution in [1.29, 1.82) is 0 Å². The van der Waals surface area contributed by atoms with Crippen LogP contribution in [0, 0.1) is 0 Å². The SMILES string of the molecule is C1=NNCN1N1CN=NN1. The molecule has 0 unspecified atom stereocenters. The fourth-order valence-electron chi connectivity index (χ4n) is 0.754. The number of rotatable bonds is 1. The number of hydrazine groups is 2. The molecule has 7 heteroatoms. The summed E-state index contributed by atoms with van der Waals surface area (Å²) in [4.78, 5) is 0. The first-order chi connectivity index (χ1) is 4.97. The molecule has 0 fully saturated rings. The molecule has 0 saturated carbocycles. The van der Waals surface area contributed by atoms with E-state index in [-0.39, 0.29) is 0 Å². The fourth-order valence-corrected chi connectivity index (χ4v) is 0.754. The Kier molecular flexibility index (Phi) is 1.14. The summed E-state index contributed by atoms with van der Waals surface area (Å²) in [6, 6.07) is 0. The van der Waals surface area contributed by atoms with Gasteiger partial charge in [-0.15, -0.1) is 5.11 Å². The van der Waals surface area contributed by atoms with Gasteiger partial charge in [-0.25, -0.2) is 5.53 Å². The maximum absolute atomic E-state index is 3.80. The van der Waals surface area contributed by atoms with Gasteiger partial charge in [-0.2, -0.15) is 5.10 Å². The largest absolute Gasteiger partial charge is 0.288 e. The lowest BCUT2D eigenvalue weighted by Gasteiger charge is -2.21. The van der Waals surface area contributed by atoms with Gasteiger partial charge in [-0.1, -0.05) is 10.3 Å². The van der Waals surface area contributed by atoms with Crippen molar-refractivity contribution in [2.75, 3.05) is 13.3 Å². The monoisotopic (exact) mass is 141 g/mol. The van der Waals surface area contributed by atoms with Crippen molar-refractivity contribution >= 4 is 6.34 Å². The Morgan fingerprint density at radius 2 is 2.50 bits per heavy atom. The van der Waals surface area contributed by atoms with E-state index in [1.165, 1.54) is 0 Å². The number of hydrogen-bond acceptors (Lipinski definition) is 7. The van der Waals surface area contributed by atoms with E-state index in [1.54, 1.807) is 11.5 Å². The zero-order chi connectivity index (χ0) is 6.81. The highest BCUT2D eigenvalue weighted by Gasteiger charge is 2.16. The highest BCUT2D eigenvalue weighted by atomic mass is 15.9. The Labute approximate surface area is 57.3 Å². The molecule has 54 valence electrons. The summed E-state index contributed by atoms with van der Waals surface area (Å²) in [6.45, 7) is 1.20. The number of hydrogen-bond donors (Lipinski definition) is 2. The van der Waals surface area contributed by atoms with Gasteiger partial charge in [-0.05, 0) is 0 Å². The van der Waals surface area contributed by atoms with E-state index < -0.39 is 0 Å². The van der Waals surface area contributed by atoms with E-state index in [9.17, 15) is 0 Å². The third-order valence-corrected chi connectivity index (χ3v) is 1.25. The van der Waals surface area contributed by atoms with Gasteiger partial charge < -0.3 is 0 Å². The third-order valence-electron chi connectivity index (χ3n) is 1.25. The van der Waals surface area contributed by atoms with Crippen LogP contribution in [0.15, 0.2) is 15.4 Å². The zero-order valence-corrected chi connectivity index (χ0v) is 5.23. The van der Waals surface area contributed by atoms with E-state index in [1.807, 2.05) is 5.01 Å². The van der Waals surface area contributed by atoms with Crippen molar-refractivity contribution in [1.82, 2.24) is 21.1 Å². The van der Waals surface area contributed by atoms with Gasteiger partial charge in [0.25, 0.3) is 0 Å². The van der Waals surface area contributed by atoms with E-state index in [0.29, 0.717) is 13.3 Å². The average Bonchev–Trinajstić information content (AvgIpc) is 2.59. The first-order valence-corrected chi connectivity index (χ1v) is 2.89. The maximum Gasteiger partial charge on any atom is 0.154 e. The summed E-state index contributed by atoms with van der Waals surface area (Å²) in [5.74, 6) is 0. The lowest BCUT2D eigenvalue weighted by atomic mass is 11.0. The van der Waals surface area contributed by atoms with E-state index in [4.69, 9.17) is 0 Å². The molecule has 10 heavy (non-hydrogen) atoms. The molecule has 0 bridgehead atoms. The minimum atomic E-state index is 0.535. The van der Waals surface area contributed by atoms with Crippen LogP contribution < -0.4 is 11.0 Å². The summed E-state index contributed by atoms with van der Waals surface area (Å²) >= 11 is 0. The fraction of sp³-hybridized carbons (Fsp3) is 0.667. The van der Waals surface area contributed by atoms with Crippen LogP contribution in [0.4, 0.5) is 0 Å². The van der Waals surface area contributed by atoms with Crippen LogP contribution in [-0.2, 0) is 0 Å². The molecule has 0 aromatic rings. The van der Waals surface area contributed by atoms with Crippen molar-refractivity contribution in [3.63, 3.8) is 0 Å². The van der Waals surface area contributed by atoms with Crippen LogP contribution in [0.25, 0.3) is 0 Å². The van der Waals surface area contributed by atoms with Crippen LogP contribution in [0.3, 0.4) is 0 Å². The molecule has 0 aromatic carbocycles. The Balaban J connectivity index is 1.93. The molecule has 2 rings (SSSR count). The highest BCUT2D eigenvalue weighted by Crippen LogP contribution is 1.98. The predicted molar refractivity (Wildman–Crippen MR) is 33.0 cm³/mol. The molecule has 0 atom stereocenters. The molecule has 0 radical (unpaired) electrons. The van der Waals surface area contributed by atoms with Gasteiger partial charge in [0.15, 0.2) is 6.67 Å². The first-order valence-electron chi connectivity index (χ1n) is 2.89. The van der Waals surface area contributed by atoms with Crippen molar-refractivity contribution in [2.45, 2.75) is 0 Å². The van der Waals surface area contributed by atoms with Gasteiger partial charge >= 0.3 is 0 Å². The summed E-state index contributed by atoms with van der Waals surface area (Å²) in [6.07, 6.45) is 1.67. The summed E-state index contributed by atoms with van der Waals surface area (Å²) in [5.41, 5.74) is 5.46. The van der Waals surface area contributed by atoms with Crippen LogP contribution in [0.5, 0.6) is 0 Å². The Morgan fingerprint density at radius 3 is 3.10 bits per heavy atom. The minimum absolute atomic E-state index is 0.535. The number of nitrogens with one attached hydrogen (secondary N) is 2. The molecule has 0 aromatic heterocycles. The molecule has 0 spiro atoms. The van der Waals surface area contributed by atoms with Gasteiger partial charge in [0.05, 0.1) is 0 Å². The molecule has 0 saturated heterocycles. The molecular weight excluding hydrogens is 134 g/mol. The molecule has 2 N–H and O–H groups in total. The second-order valence-corrected chi connectivity index (χ2v) is 1.88. The molecule has 2 aliphatic heterocycles. The molecule has 0 amide bonds. The topological polar surface area (TPSA) is 67.6 Å². The van der Waals surface area contributed by atoms with E-state index >= 15 is 0 Å². The molecule has 2 heterocycles. The van der Waals surface area contributed by atoms with Crippen molar-refractivity contribution in [2.24, 2.45) is 15.4 Å². The van der Waals surface area contributed by atoms with Crippen molar-refractivity contribution in [3.8, 4) is 0 Å². The quantitative estimate of drug-likeness (QED) is 0.484. The lowest BCUT2D eigenvalue weighted by molar-refractivity contribution is 0.0231. The highest BCUT2D eigenvalue weighted by molar-refractivity contribution is 5.55. The lowest BCUT2D eigenvalue weighted by Crippen LogP contribution is -2.45. The van der Waals surface area contributed by atoms with Crippen LogP contribution >= 0.6 is 0 Å². The van der Waals surface area contributed by atoms with Gasteiger partial charge in [-0.3, -0.25) is 10.4 Å². The molecule has 2 aliphatic rings. The first kappa shape index (κ1) is 5.42. The smallest absolute Gasteiger partial charge is 0.154 e. The van der Waals surface area contributed by atoms with Gasteiger partial charge in [0.1, 0.15) is 13.0 Å². The molecule has 0 aliphatic carbocycles. The Hall–Kier alpha value is -1.37. The molecule has 7 nitrogen and oxygen atoms in total. The third kappa shape index (κ3) is 0.760. The van der Waals surface area contributed by atoms with Gasteiger partial charge in [0, 0.05) is 0 Å². The number of hydrazone groups is 1. The Morgan fingerprint density at radius 1 is 1.50 bits per heavy atom. The summed E-state index contributed by atoms with van der Waals surface area (Å²) in [7, 11) is 0. The van der Waals surface area contributed by atoms with E-state index in [0.717, 1.165) is 0 Å². The second-order valence-electron chi connectivity index (χ2n) is 1.88. The predicted octanol–water partition coefficient (Wildman–Crippen LogP) is -1.15. The Bertz CT molecular complexity index is 166. The average molecular weight is 141 g/mol. The maximum atomic E-state index is 3.80. The van der Waals surface area contributed by atoms with Gasteiger partial charge in [0.2, 0.25) is 0 Å². The van der Waals surface area contributed by atoms with Crippen molar-refractivity contribution < 1.29 is 0 Å². The van der Waals surface area contributed by atoms with Crippen LogP contribution in [-0.4, -0.2) is 29.8 Å². The standard InChI is InChI=1S/C3H7N7/c1-4-5-2-9(1)10-3-6-7-8-10/h1,5H,2-3H2,(H,6,8). The zero-order valence-electron chi connectivity index (χ0n) is 5.23. The summed E-state index contributed by atoms with van der Waals surface area (Å²) in [5, 5.41) is 14.7. The van der Waals surface area contributed by atoms with Crippen LogP contribution in [0.1, 0.15) is 0 Å². The normalized spacial score (nSPS) is 23.4. The minimum Gasteiger partial charge on any atom is -0.288 e. The molecular formula is C3H7N7. The van der Waals surface area contributed by atoms with E-state index in [2.05, 4.69) is 26.4 Å². The number of nitrogens with zero attached hydrogens (tertiary/aromatic N) is 5. The van der Waals surface area contributed by atoms with Crippen molar-refractivity contribution in [3.05, 3.63) is 0 Å². The van der Waals surface area contributed by atoms with Crippen LogP contribution in [0.2, 0.25) is 0 Å². The second kappa shape index (κ2) is 2.10.